The Balaban J connectivity index is 1.85. The molecule has 16 heavy (non-hydrogen) atoms. The van der Waals surface area contributed by atoms with Crippen LogP contribution in [0.4, 0.5) is 0 Å². The van der Waals surface area contributed by atoms with Crippen LogP contribution in [0.3, 0.4) is 0 Å². The molecule has 0 amide bonds. The lowest BCUT2D eigenvalue weighted by molar-refractivity contribution is -0.0476. The summed E-state index contributed by atoms with van der Waals surface area (Å²) in [6, 6.07) is 0.362. The van der Waals surface area contributed by atoms with Crippen molar-refractivity contribution in [1.82, 2.24) is 4.90 Å². The van der Waals surface area contributed by atoms with Crippen LogP contribution in [-0.4, -0.2) is 58.4 Å². The van der Waals surface area contributed by atoms with Gasteiger partial charge in [-0.2, -0.15) is 0 Å². The summed E-state index contributed by atoms with van der Waals surface area (Å²) < 4.78 is 10.9. The average Bonchev–Trinajstić information content (AvgIpc) is 2.75. The molecule has 3 heterocycles. The molecule has 4 N–H and O–H groups in total. The molecule has 2 saturated heterocycles. The Hall–Kier alpha value is -1.15. The fraction of sp³-hybridized carbons (Fsp3) is 0.667. The van der Waals surface area contributed by atoms with E-state index in [0.29, 0.717) is 6.02 Å². The molecule has 88 valence electrons. The second-order valence-corrected chi connectivity index (χ2v) is 3.97. The number of hydrogen-bond acceptors (Lipinski definition) is 7. The highest BCUT2D eigenvalue weighted by Crippen LogP contribution is 2.33. The molecule has 0 radical (unpaired) electrons. The third-order valence-electron chi connectivity index (χ3n) is 2.93. The average molecular weight is 227 g/mol. The van der Waals surface area contributed by atoms with Crippen LogP contribution in [0.25, 0.3) is 0 Å². The first-order chi connectivity index (χ1) is 7.70. The van der Waals surface area contributed by atoms with Crippen molar-refractivity contribution in [2.75, 3.05) is 6.61 Å². The topological polar surface area (TPSA) is 101 Å². The van der Waals surface area contributed by atoms with Gasteiger partial charge in [0.25, 0.3) is 6.02 Å². The fourth-order valence-electron chi connectivity index (χ4n) is 2.11. The molecule has 0 aromatic rings. The maximum Gasteiger partial charge on any atom is 0.296 e. The van der Waals surface area contributed by atoms with Crippen molar-refractivity contribution in [2.24, 2.45) is 10.7 Å². The Morgan fingerprint density at radius 3 is 3.12 bits per heavy atom. The van der Waals surface area contributed by atoms with Crippen molar-refractivity contribution in [1.29, 1.82) is 0 Å². The van der Waals surface area contributed by atoms with Crippen LogP contribution >= 0.6 is 0 Å². The monoisotopic (exact) mass is 227 g/mol. The highest BCUT2D eigenvalue weighted by atomic mass is 16.6. The minimum atomic E-state index is -0.854. The lowest BCUT2D eigenvalue weighted by Crippen LogP contribution is -2.36. The van der Waals surface area contributed by atoms with Gasteiger partial charge in [0.05, 0.1) is 6.61 Å². The number of aliphatic imine (C=N–C) groups is 1. The molecule has 2 fully saturated rings. The van der Waals surface area contributed by atoms with Crippen LogP contribution in [0.5, 0.6) is 0 Å². The number of nitrogens with zero attached hydrogens (tertiary/aromatic N) is 2. The van der Waals surface area contributed by atoms with Crippen molar-refractivity contribution in [3.63, 3.8) is 0 Å². The number of ether oxygens (including phenoxy) is 2. The molecule has 0 spiro atoms. The van der Waals surface area contributed by atoms with Crippen molar-refractivity contribution < 1.29 is 19.7 Å². The van der Waals surface area contributed by atoms with Crippen LogP contribution in [0, 0.1) is 0 Å². The maximum atomic E-state index is 9.83. The number of amidine groups is 1. The summed E-state index contributed by atoms with van der Waals surface area (Å²) in [5.74, 6) is 0. The van der Waals surface area contributed by atoms with E-state index in [0.717, 1.165) is 0 Å². The molecule has 0 aromatic carbocycles. The summed E-state index contributed by atoms with van der Waals surface area (Å²) >= 11 is 0. The second kappa shape index (κ2) is 3.42. The van der Waals surface area contributed by atoms with E-state index < -0.39 is 30.7 Å². The van der Waals surface area contributed by atoms with Crippen LogP contribution < -0.4 is 5.73 Å². The normalized spacial score (nSPS) is 45.1. The largest absolute Gasteiger partial charge is 0.454 e. The molecule has 5 atom stereocenters. The molecular weight excluding hydrogens is 214 g/mol. The number of rotatable bonds is 1. The molecule has 0 aromatic heterocycles. The standard InChI is InChI=1S/C9H13N3O4/c10-5-1-2-12-8-7(16-9(12)11-5)6(14)4(3-13)15-8/h1-2,4-8,13-14H,3,10H2/t4-,5+,6-,7+,8-/m1/s1. The van der Waals surface area contributed by atoms with Gasteiger partial charge in [0.15, 0.2) is 12.3 Å². The van der Waals surface area contributed by atoms with Gasteiger partial charge in [-0.25, -0.2) is 4.99 Å². The summed E-state index contributed by atoms with van der Waals surface area (Å²) in [4.78, 5) is 5.74. The van der Waals surface area contributed by atoms with E-state index in [1.54, 1.807) is 17.2 Å². The summed E-state index contributed by atoms with van der Waals surface area (Å²) in [5.41, 5.74) is 5.60. The van der Waals surface area contributed by atoms with Crippen molar-refractivity contribution in [2.45, 2.75) is 30.7 Å². The molecule has 0 saturated carbocycles. The number of nitrogens with two attached hydrogens (primary N) is 1. The van der Waals surface area contributed by atoms with Gasteiger partial charge in [-0.15, -0.1) is 0 Å². The van der Waals surface area contributed by atoms with Gasteiger partial charge in [0.2, 0.25) is 0 Å². The van der Waals surface area contributed by atoms with Crippen LogP contribution in [0.15, 0.2) is 17.3 Å². The first kappa shape index (κ1) is 10.0. The van der Waals surface area contributed by atoms with Crippen LogP contribution in [0.2, 0.25) is 0 Å². The van der Waals surface area contributed by atoms with Gasteiger partial charge in [-0.05, 0) is 6.08 Å². The lowest BCUT2D eigenvalue weighted by atomic mass is 10.1. The summed E-state index contributed by atoms with van der Waals surface area (Å²) in [6.07, 6.45) is 0.589. The molecule has 3 rings (SSSR count). The first-order valence-corrected chi connectivity index (χ1v) is 5.12. The lowest BCUT2D eigenvalue weighted by Gasteiger charge is -2.22. The number of fused-ring (bicyclic) bond motifs is 3. The van der Waals surface area contributed by atoms with E-state index >= 15 is 0 Å². The zero-order valence-corrected chi connectivity index (χ0v) is 8.43. The summed E-state index contributed by atoms with van der Waals surface area (Å²) in [6.45, 7) is -0.235. The first-order valence-electron chi connectivity index (χ1n) is 5.12. The third kappa shape index (κ3) is 1.26. The molecule has 0 bridgehead atoms. The van der Waals surface area contributed by atoms with E-state index in [-0.39, 0.29) is 6.61 Å². The number of aliphatic hydroxyl groups is 2. The Bertz CT molecular complexity index is 359. The Kier molecular flexibility index (Phi) is 2.15. The zero-order chi connectivity index (χ0) is 11.3. The van der Waals surface area contributed by atoms with E-state index in [1.807, 2.05) is 0 Å². The highest BCUT2D eigenvalue weighted by molar-refractivity contribution is 5.78. The predicted octanol–water partition coefficient (Wildman–Crippen LogP) is -2.07. The minimum absolute atomic E-state index is 0.235. The molecule has 0 aliphatic carbocycles. The van der Waals surface area contributed by atoms with Gasteiger partial charge < -0.3 is 25.4 Å². The smallest absolute Gasteiger partial charge is 0.296 e. The molecule has 0 unspecified atom stereocenters. The fourth-order valence-corrected chi connectivity index (χ4v) is 2.11. The minimum Gasteiger partial charge on any atom is -0.454 e. The molecular formula is C9H13N3O4. The van der Waals surface area contributed by atoms with Crippen LogP contribution in [-0.2, 0) is 9.47 Å². The second-order valence-electron chi connectivity index (χ2n) is 3.97. The quantitative estimate of drug-likeness (QED) is 0.476. The Morgan fingerprint density at radius 1 is 1.56 bits per heavy atom. The van der Waals surface area contributed by atoms with Gasteiger partial charge in [-0.1, -0.05) is 0 Å². The molecule has 7 nitrogen and oxygen atoms in total. The van der Waals surface area contributed by atoms with E-state index in [1.165, 1.54) is 0 Å². The van der Waals surface area contributed by atoms with Gasteiger partial charge in [-0.3, -0.25) is 4.90 Å². The zero-order valence-electron chi connectivity index (χ0n) is 8.43. The number of hydrogen-bond donors (Lipinski definition) is 3. The van der Waals surface area contributed by atoms with Crippen molar-refractivity contribution in [3.05, 3.63) is 12.3 Å². The molecule has 7 heteroatoms. The summed E-state index contributed by atoms with van der Waals surface area (Å²) in [7, 11) is 0. The Morgan fingerprint density at radius 2 is 2.38 bits per heavy atom. The molecule has 3 aliphatic rings. The number of aliphatic hydroxyl groups excluding tert-OH is 2. The van der Waals surface area contributed by atoms with Crippen molar-refractivity contribution in [3.8, 4) is 0 Å². The van der Waals surface area contributed by atoms with E-state index in [9.17, 15) is 5.11 Å². The van der Waals surface area contributed by atoms with E-state index in [4.69, 9.17) is 20.3 Å². The third-order valence-corrected chi connectivity index (χ3v) is 2.93. The van der Waals surface area contributed by atoms with E-state index in [2.05, 4.69) is 4.99 Å². The SMILES string of the molecule is N[C@@H]1C=CN2C(=N1)O[C@H]1[C@H](O)[C@@H](CO)O[C@H]12. The van der Waals surface area contributed by atoms with Gasteiger partial charge >= 0.3 is 0 Å². The van der Waals surface area contributed by atoms with Gasteiger partial charge in [0.1, 0.15) is 18.4 Å². The van der Waals surface area contributed by atoms with Gasteiger partial charge in [0, 0.05) is 6.20 Å². The van der Waals surface area contributed by atoms with Crippen molar-refractivity contribution >= 4 is 6.02 Å². The summed E-state index contributed by atoms with van der Waals surface area (Å²) in [5, 5.41) is 18.8. The molecule has 3 aliphatic heterocycles. The highest BCUT2D eigenvalue weighted by Gasteiger charge is 2.54. The Labute approximate surface area is 91.8 Å². The van der Waals surface area contributed by atoms with Crippen LogP contribution in [0.1, 0.15) is 0 Å². The maximum absolute atomic E-state index is 9.83. The predicted molar refractivity (Wildman–Crippen MR) is 53.0 cm³/mol.